The van der Waals surface area contributed by atoms with Gasteiger partial charge >= 0.3 is 5.97 Å². The number of benzene rings is 2. The molecule has 0 aliphatic heterocycles. The molecule has 9 heteroatoms. The van der Waals surface area contributed by atoms with Gasteiger partial charge in [-0.3, -0.25) is 9.59 Å². The van der Waals surface area contributed by atoms with Crippen LogP contribution < -0.4 is 10.0 Å². The summed E-state index contributed by atoms with van der Waals surface area (Å²) in [6.45, 7) is 3.44. The number of hydrogen-bond acceptors (Lipinski definition) is 6. The zero-order valence-corrected chi connectivity index (χ0v) is 20.2. The van der Waals surface area contributed by atoms with Crippen LogP contribution in [0.1, 0.15) is 72.2 Å². The number of nitrogens with one attached hydrogen (secondary N) is 2. The fraction of sp³-hybridized carbons (Fsp3) is 0.400. The van der Waals surface area contributed by atoms with Crippen molar-refractivity contribution in [2.45, 2.75) is 62.9 Å². The summed E-state index contributed by atoms with van der Waals surface area (Å²) in [6.07, 6.45) is 3.80. The molecule has 0 spiro atoms. The zero-order valence-electron chi connectivity index (χ0n) is 19.4. The van der Waals surface area contributed by atoms with Crippen LogP contribution in [0.4, 0.5) is 0 Å². The molecule has 0 saturated heterocycles. The van der Waals surface area contributed by atoms with Crippen molar-refractivity contribution in [2.75, 3.05) is 6.61 Å². The normalized spacial score (nSPS) is 15.4. The van der Waals surface area contributed by atoms with E-state index in [0.29, 0.717) is 29.5 Å². The minimum Gasteiger partial charge on any atom is -0.464 e. The Morgan fingerprint density at radius 3 is 2.06 bits per heavy atom. The van der Waals surface area contributed by atoms with Gasteiger partial charge in [0.15, 0.2) is 5.78 Å². The summed E-state index contributed by atoms with van der Waals surface area (Å²) in [7, 11) is -3.76. The van der Waals surface area contributed by atoms with Gasteiger partial charge in [0.05, 0.1) is 11.5 Å². The number of hydrogen-bond donors (Lipinski definition) is 2. The van der Waals surface area contributed by atoms with E-state index in [-0.39, 0.29) is 29.7 Å². The summed E-state index contributed by atoms with van der Waals surface area (Å²) in [6, 6.07) is 12.2. The Morgan fingerprint density at radius 2 is 1.50 bits per heavy atom. The molecule has 34 heavy (non-hydrogen) atoms. The lowest BCUT2D eigenvalue weighted by Crippen LogP contribution is -2.56. The Balaban J connectivity index is 1.64. The number of amides is 1. The van der Waals surface area contributed by atoms with Gasteiger partial charge in [0.2, 0.25) is 10.0 Å². The van der Waals surface area contributed by atoms with Crippen molar-refractivity contribution in [1.29, 1.82) is 0 Å². The molecule has 0 aromatic heterocycles. The molecule has 2 aromatic rings. The van der Waals surface area contributed by atoms with Gasteiger partial charge in [0, 0.05) is 17.7 Å². The summed E-state index contributed by atoms with van der Waals surface area (Å²) in [4.78, 5) is 36.9. The average Bonchev–Trinajstić information content (AvgIpc) is 2.84. The molecule has 2 N–H and O–H groups in total. The van der Waals surface area contributed by atoms with Gasteiger partial charge in [-0.25, -0.2) is 17.9 Å². The highest BCUT2D eigenvalue weighted by atomic mass is 32.2. The molecule has 0 radical (unpaired) electrons. The van der Waals surface area contributed by atoms with Crippen molar-refractivity contribution in [1.82, 2.24) is 10.0 Å². The molecule has 8 nitrogen and oxygen atoms in total. The minimum absolute atomic E-state index is 0.0332. The third-order valence-corrected chi connectivity index (χ3v) is 7.40. The van der Waals surface area contributed by atoms with E-state index < -0.39 is 21.5 Å². The minimum atomic E-state index is -3.76. The van der Waals surface area contributed by atoms with E-state index in [9.17, 15) is 22.8 Å². The number of sulfonamides is 1. The van der Waals surface area contributed by atoms with Crippen molar-refractivity contribution in [2.24, 2.45) is 0 Å². The van der Waals surface area contributed by atoms with Crippen molar-refractivity contribution in [3.8, 4) is 0 Å². The molecule has 1 aliphatic carbocycles. The van der Waals surface area contributed by atoms with E-state index in [1.54, 1.807) is 31.2 Å². The Morgan fingerprint density at radius 1 is 0.912 bits per heavy atom. The lowest BCUT2D eigenvalue weighted by atomic mass is 9.81. The van der Waals surface area contributed by atoms with Gasteiger partial charge in [-0.1, -0.05) is 43.5 Å². The smallest absolute Gasteiger partial charge is 0.331 e. The SMILES string of the molecule is CCOC(=O)C1(NC(=O)c2ccc(CNS(=O)(=O)c3ccc(C(C)=O)cc3)cc2)CCCCC1. The molecule has 1 aliphatic rings. The Kier molecular flexibility index (Phi) is 8.22. The van der Waals surface area contributed by atoms with Gasteiger partial charge in [-0.05, 0) is 56.5 Å². The van der Waals surface area contributed by atoms with Crippen molar-refractivity contribution < 1.29 is 27.5 Å². The zero-order chi connectivity index (χ0) is 24.8. The molecular formula is C25H30N2O6S. The predicted molar refractivity (Wildman–Crippen MR) is 127 cm³/mol. The second kappa shape index (κ2) is 10.9. The number of rotatable bonds is 9. The lowest BCUT2D eigenvalue weighted by molar-refractivity contribution is -0.152. The third-order valence-electron chi connectivity index (χ3n) is 5.98. The maximum atomic E-state index is 12.9. The number of carbonyl (C=O) groups is 3. The Labute approximate surface area is 200 Å². The monoisotopic (exact) mass is 486 g/mol. The molecular weight excluding hydrogens is 456 g/mol. The number of esters is 1. The molecule has 0 unspecified atom stereocenters. The topological polar surface area (TPSA) is 119 Å². The highest BCUT2D eigenvalue weighted by molar-refractivity contribution is 7.89. The molecule has 1 fully saturated rings. The summed E-state index contributed by atoms with van der Waals surface area (Å²) < 4.78 is 32.8. The second-order valence-corrected chi connectivity index (χ2v) is 10.2. The van der Waals surface area contributed by atoms with Crippen molar-refractivity contribution >= 4 is 27.7 Å². The van der Waals surface area contributed by atoms with Crippen LogP contribution in [0.2, 0.25) is 0 Å². The summed E-state index contributed by atoms with van der Waals surface area (Å²) >= 11 is 0. The van der Waals surface area contributed by atoms with Crippen LogP contribution in [0.15, 0.2) is 53.4 Å². The first kappa shape index (κ1) is 25.6. The predicted octanol–water partition coefficient (Wildman–Crippen LogP) is 3.36. The molecule has 2 aromatic carbocycles. The van der Waals surface area contributed by atoms with E-state index in [4.69, 9.17) is 4.74 Å². The van der Waals surface area contributed by atoms with Gasteiger partial charge < -0.3 is 10.1 Å². The maximum absolute atomic E-state index is 12.9. The Bertz CT molecular complexity index is 1130. The first-order chi connectivity index (χ1) is 16.2. The largest absolute Gasteiger partial charge is 0.464 e. The number of carbonyl (C=O) groups excluding carboxylic acids is 3. The molecule has 0 bridgehead atoms. The fourth-order valence-corrected chi connectivity index (χ4v) is 5.02. The van der Waals surface area contributed by atoms with Crippen LogP contribution in [0.25, 0.3) is 0 Å². The quantitative estimate of drug-likeness (QED) is 0.414. The van der Waals surface area contributed by atoms with Gasteiger partial charge in [-0.2, -0.15) is 0 Å². The van der Waals surface area contributed by atoms with Crippen LogP contribution in [-0.4, -0.2) is 38.2 Å². The lowest BCUT2D eigenvalue weighted by Gasteiger charge is -2.35. The standard InChI is InChI=1S/C25H30N2O6S/c1-3-33-24(30)25(15-5-4-6-16-25)27-23(29)21-9-7-19(8-10-21)17-26-34(31,32)22-13-11-20(12-14-22)18(2)28/h7-14,26H,3-6,15-17H2,1-2H3,(H,27,29). The highest BCUT2D eigenvalue weighted by Gasteiger charge is 2.42. The molecule has 182 valence electrons. The molecule has 0 atom stereocenters. The summed E-state index contributed by atoms with van der Waals surface area (Å²) in [5.74, 6) is -0.907. The van der Waals surface area contributed by atoms with E-state index >= 15 is 0 Å². The summed E-state index contributed by atoms with van der Waals surface area (Å²) in [5.41, 5.74) is 0.474. The first-order valence-corrected chi connectivity index (χ1v) is 12.8. The maximum Gasteiger partial charge on any atom is 0.331 e. The van der Waals surface area contributed by atoms with E-state index in [1.807, 2.05) is 0 Å². The average molecular weight is 487 g/mol. The van der Waals surface area contributed by atoms with E-state index in [0.717, 1.165) is 19.3 Å². The van der Waals surface area contributed by atoms with E-state index in [1.165, 1.54) is 31.2 Å². The van der Waals surface area contributed by atoms with Crippen molar-refractivity contribution in [3.63, 3.8) is 0 Å². The van der Waals surface area contributed by atoms with E-state index in [2.05, 4.69) is 10.0 Å². The van der Waals surface area contributed by atoms with Crippen LogP contribution in [0.3, 0.4) is 0 Å². The van der Waals surface area contributed by atoms with Crippen LogP contribution in [0, 0.1) is 0 Å². The van der Waals surface area contributed by atoms with Crippen molar-refractivity contribution in [3.05, 3.63) is 65.2 Å². The molecule has 1 amide bonds. The highest BCUT2D eigenvalue weighted by Crippen LogP contribution is 2.30. The first-order valence-electron chi connectivity index (χ1n) is 11.4. The number of Topliss-reactive ketones (excluding diaryl/α,β-unsaturated/α-hetero) is 1. The molecule has 0 heterocycles. The van der Waals surface area contributed by atoms with Crippen LogP contribution in [0.5, 0.6) is 0 Å². The third kappa shape index (κ3) is 6.09. The van der Waals surface area contributed by atoms with Crippen LogP contribution in [-0.2, 0) is 26.1 Å². The fourth-order valence-electron chi connectivity index (χ4n) is 4.00. The molecule has 3 rings (SSSR count). The van der Waals surface area contributed by atoms with Crippen LogP contribution >= 0.6 is 0 Å². The second-order valence-electron chi connectivity index (χ2n) is 8.42. The van der Waals surface area contributed by atoms with Gasteiger partial charge in [-0.15, -0.1) is 0 Å². The molecule has 1 saturated carbocycles. The van der Waals surface area contributed by atoms with Gasteiger partial charge in [0.1, 0.15) is 5.54 Å². The number of ether oxygens (including phenoxy) is 1. The van der Waals surface area contributed by atoms with Gasteiger partial charge in [0.25, 0.3) is 5.91 Å². The Hall–Kier alpha value is -3.04. The number of ketones is 1. The summed E-state index contributed by atoms with van der Waals surface area (Å²) in [5, 5.41) is 2.89.